The van der Waals surface area contributed by atoms with Gasteiger partial charge in [-0.15, -0.1) is 0 Å². The van der Waals surface area contributed by atoms with Crippen molar-refractivity contribution in [3.8, 4) is 0 Å². The minimum Gasteiger partial charge on any atom is -0.0795 e. The van der Waals surface area contributed by atoms with Crippen molar-refractivity contribution in [1.29, 1.82) is 0 Å². The monoisotopic (exact) mass is 296 g/mol. The van der Waals surface area contributed by atoms with Gasteiger partial charge >= 0.3 is 0 Å². The van der Waals surface area contributed by atoms with Crippen LogP contribution in [0.25, 0.3) is 6.08 Å². The van der Waals surface area contributed by atoms with E-state index in [-0.39, 0.29) is 0 Å². The molecule has 0 saturated carbocycles. The van der Waals surface area contributed by atoms with Crippen molar-refractivity contribution < 1.29 is 0 Å². The van der Waals surface area contributed by atoms with E-state index in [1.54, 1.807) is 16.7 Å². The Kier molecular flexibility index (Phi) is 6.16. The largest absolute Gasteiger partial charge is 0.0795 e. The van der Waals surface area contributed by atoms with E-state index in [2.05, 4.69) is 24.3 Å². The van der Waals surface area contributed by atoms with Gasteiger partial charge in [0.2, 0.25) is 0 Å². The van der Waals surface area contributed by atoms with Gasteiger partial charge in [0.1, 0.15) is 0 Å². The number of aryl methyl sites for hydroxylation is 2. The van der Waals surface area contributed by atoms with Crippen LogP contribution in [-0.4, -0.2) is 0 Å². The van der Waals surface area contributed by atoms with E-state index < -0.39 is 0 Å². The Labute approximate surface area is 137 Å². The molecule has 0 radical (unpaired) electrons. The van der Waals surface area contributed by atoms with E-state index in [1.165, 1.54) is 89.0 Å². The third kappa shape index (κ3) is 4.48. The fourth-order valence-electron chi connectivity index (χ4n) is 4.09. The molecule has 0 unspecified atom stereocenters. The van der Waals surface area contributed by atoms with Gasteiger partial charge < -0.3 is 0 Å². The van der Waals surface area contributed by atoms with Crippen LogP contribution in [0.15, 0.2) is 18.2 Å². The number of hydrogen-bond donors (Lipinski definition) is 0. The zero-order valence-corrected chi connectivity index (χ0v) is 14.2. The van der Waals surface area contributed by atoms with Gasteiger partial charge in [0, 0.05) is 0 Å². The van der Waals surface area contributed by atoms with Crippen LogP contribution in [-0.2, 0) is 19.3 Å². The van der Waals surface area contributed by atoms with Crippen LogP contribution < -0.4 is 0 Å². The standard InChI is InChI=1S/C22H32/c1-2-4-6-8-10-13-19-17-21-15-12-16-22(21)18-20(19)14-11-9-7-5-3-1/h12,15,17-18H,1-11,13-14,16H2. The Bertz CT molecular complexity index is 495. The molecule has 0 saturated heterocycles. The highest BCUT2D eigenvalue weighted by Gasteiger charge is 2.11. The number of hydrogen-bond acceptors (Lipinski definition) is 0. The van der Waals surface area contributed by atoms with Crippen molar-refractivity contribution in [3.05, 3.63) is 40.5 Å². The lowest BCUT2D eigenvalue weighted by atomic mass is 9.92. The van der Waals surface area contributed by atoms with Crippen molar-refractivity contribution >= 4 is 6.08 Å². The Morgan fingerprint density at radius 3 is 1.59 bits per heavy atom. The van der Waals surface area contributed by atoms with Gasteiger partial charge in [0.05, 0.1) is 0 Å². The van der Waals surface area contributed by atoms with Crippen molar-refractivity contribution in [3.63, 3.8) is 0 Å². The van der Waals surface area contributed by atoms with E-state index >= 15 is 0 Å². The average molecular weight is 296 g/mol. The minimum atomic E-state index is 1.16. The van der Waals surface area contributed by atoms with Gasteiger partial charge in [-0.05, 0) is 54.4 Å². The van der Waals surface area contributed by atoms with Crippen LogP contribution in [0.3, 0.4) is 0 Å². The van der Waals surface area contributed by atoms with Gasteiger partial charge in [-0.3, -0.25) is 0 Å². The van der Waals surface area contributed by atoms with Crippen molar-refractivity contribution in [1.82, 2.24) is 0 Å². The predicted octanol–water partition coefficient (Wildman–Crippen LogP) is 6.65. The fraction of sp³-hybridized carbons (Fsp3) is 0.636. The summed E-state index contributed by atoms with van der Waals surface area (Å²) in [4.78, 5) is 0. The van der Waals surface area contributed by atoms with E-state index in [0.717, 1.165) is 6.42 Å². The molecule has 0 fully saturated rings. The maximum atomic E-state index is 2.53. The van der Waals surface area contributed by atoms with E-state index in [4.69, 9.17) is 0 Å². The summed E-state index contributed by atoms with van der Waals surface area (Å²) in [5.74, 6) is 0. The molecule has 0 aliphatic heterocycles. The fourth-order valence-corrected chi connectivity index (χ4v) is 4.09. The van der Waals surface area contributed by atoms with Gasteiger partial charge in [-0.2, -0.15) is 0 Å². The normalized spacial score (nSPS) is 20.7. The first-order valence-electron chi connectivity index (χ1n) is 9.75. The zero-order valence-electron chi connectivity index (χ0n) is 14.2. The zero-order chi connectivity index (χ0) is 15.0. The average Bonchev–Trinajstić information content (AvgIpc) is 2.97. The topological polar surface area (TPSA) is 0 Å². The maximum Gasteiger partial charge on any atom is -0.00881 e. The molecule has 2 aliphatic carbocycles. The summed E-state index contributed by atoms with van der Waals surface area (Å²) < 4.78 is 0. The molecular weight excluding hydrogens is 264 g/mol. The van der Waals surface area contributed by atoms with E-state index in [1.807, 2.05) is 0 Å². The molecule has 0 atom stereocenters. The van der Waals surface area contributed by atoms with Crippen molar-refractivity contribution in [2.45, 2.75) is 89.9 Å². The van der Waals surface area contributed by atoms with Crippen LogP contribution in [0.2, 0.25) is 0 Å². The smallest absolute Gasteiger partial charge is 0.00881 e. The lowest BCUT2D eigenvalue weighted by Gasteiger charge is -2.13. The van der Waals surface area contributed by atoms with Gasteiger partial charge in [0.15, 0.2) is 0 Å². The molecule has 3 rings (SSSR count). The minimum absolute atomic E-state index is 1.16. The highest BCUT2D eigenvalue weighted by atomic mass is 14.2. The Morgan fingerprint density at radius 2 is 1.00 bits per heavy atom. The van der Waals surface area contributed by atoms with Crippen LogP contribution in [0.1, 0.15) is 92.9 Å². The number of allylic oxidation sites excluding steroid dienone is 1. The third-order valence-corrected chi connectivity index (χ3v) is 5.49. The molecule has 120 valence electrons. The molecule has 0 spiro atoms. The Balaban J connectivity index is 1.67. The molecule has 2 aliphatic rings. The van der Waals surface area contributed by atoms with Crippen molar-refractivity contribution in [2.24, 2.45) is 0 Å². The van der Waals surface area contributed by atoms with Gasteiger partial charge in [-0.25, -0.2) is 0 Å². The third-order valence-electron chi connectivity index (χ3n) is 5.49. The number of fused-ring (bicyclic) bond motifs is 2. The summed E-state index contributed by atoms with van der Waals surface area (Å²) in [5.41, 5.74) is 6.38. The Morgan fingerprint density at radius 1 is 0.500 bits per heavy atom. The second-order valence-corrected chi connectivity index (χ2v) is 7.32. The molecule has 1 aromatic rings. The predicted molar refractivity (Wildman–Crippen MR) is 97.4 cm³/mol. The molecule has 1 aromatic carbocycles. The van der Waals surface area contributed by atoms with Gasteiger partial charge in [0.25, 0.3) is 0 Å². The highest BCUT2D eigenvalue weighted by Crippen LogP contribution is 2.27. The summed E-state index contributed by atoms with van der Waals surface area (Å²) >= 11 is 0. The van der Waals surface area contributed by atoms with Crippen LogP contribution >= 0.6 is 0 Å². The lowest BCUT2D eigenvalue weighted by Crippen LogP contribution is -1.99. The van der Waals surface area contributed by atoms with E-state index in [9.17, 15) is 0 Å². The molecule has 0 bridgehead atoms. The molecule has 0 heterocycles. The summed E-state index contributed by atoms with van der Waals surface area (Å²) in [7, 11) is 0. The van der Waals surface area contributed by atoms with Crippen molar-refractivity contribution in [2.75, 3.05) is 0 Å². The molecule has 0 amide bonds. The molecule has 22 heavy (non-hydrogen) atoms. The lowest BCUT2D eigenvalue weighted by molar-refractivity contribution is 0.549. The van der Waals surface area contributed by atoms with E-state index in [0.29, 0.717) is 0 Å². The molecule has 0 nitrogen and oxygen atoms in total. The summed E-state index contributed by atoms with van der Waals surface area (Å²) in [6, 6.07) is 5.04. The second kappa shape index (κ2) is 8.56. The Hall–Kier alpha value is -1.04. The molecule has 0 aromatic heterocycles. The molecule has 0 N–H and O–H groups in total. The van der Waals surface area contributed by atoms with Crippen LogP contribution in [0, 0.1) is 0 Å². The summed E-state index contributed by atoms with van der Waals surface area (Å²) in [6.07, 6.45) is 24.2. The molecule has 0 heteroatoms. The quantitative estimate of drug-likeness (QED) is 0.503. The second-order valence-electron chi connectivity index (χ2n) is 7.32. The highest BCUT2D eigenvalue weighted by molar-refractivity contribution is 5.62. The summed E-state index contributed by atoms with van der Waals surface area (Å²) in [6.45, 7) is 0. The maximum absolute atomic E-state index is 2.53. The number of rotatable bonds is 0. The first kappa shape index (κ1) is 15.8. The first-order valence-corrected chi connectivity index (χ1v) is 9.75. The van der Waals surface area contributed by atoms with Gasteiger partial charge in [-0.1, -0.05) is 82.1 Å². The first-order chi connectivity index (χ1) is 10.9. The summed E-state index contributed by atoms with van der Waals surface area (Å²) in [5, 5.41) is 0. The van der Waals surface area contributed by atoms with Crippen LogP contribution in [0.5, 0.6) is 0 Å². The SMILES string of the molecule is C1=Cc2cc3c(cc2C1)CCCCCCCCCCCCC3. The number of benzene rings is 1. The molecular formula is C22H32. The van der Waals surface area contributed by atoms with Crippen LogP contribution in [0.4, 0.5) is 0 Å².